The Morgan fingerprint density at radius 1 is 1.13 bits per heavy atom. The van der Waals surface area contributed by atoms with Crippen LogP contribution in [0.3, 0.4) is 0 Å². The van der Waals surface area contributed by atoms with E-state index >= 15 is 0 Å². The Labute approximate surface area is 102 Å². The Morgan fingerprint density at radius 3 is 2.33 bits per heavy atom. The quantitative estimate of drug-likeness (QED) is 0.496. The Bertz CT molecular complexity index is 155. The summed E-state index contributed by atoms with van der Waals surface area (Å²) >= 11 is 3.39. The molecule has 0 atom stereocenters. The fourth-order valence-electron chi connectivity index (χ4n) is 1.08. The number of thioether (sulfide) groups is 1. The maximum Gasteiger partial charge on any atom is 0.441 e. The average molecular weight is 308 g/mol. The molecule has 0 radical (unpaired) electrons. The molecule has 0 bridgehead atoms. The van der Waals surface area contributed by atoms with Gasteiger partial charge in [0.2, 0.25) is 0 Å². The van der Waals surface area contributed by atoms with Crippen LogP contribution in [0.5, 0.6) is 0 Å². The Kier molecular flexibility index (Phi) is 9.04. The lowest BCUT2D eigenvalue weighted by molar-refractivity contribution is -0.0328. The molecule has 0 amide bonds. The van der Waals surface area contributed by atoms with Gasteiger partial charge >= 0.3 is 5.51 Å². The van der Waals surface area contributed by atoms with E-state index in [1.807, 2.05) is 11.9 Å². The second kappa shape index (κ2) is 8.70. The van der Waals surface area contributed by atoms with Crippen LogP contribution in [-0.2, 0) is 0 Å². The van der Waals surface area contributed by atoms with Crippen LogP contribution >= 0.6 is 27.7 Å². The van der Waals surface area contributed by atoms with E-state index < -0.39 is 5.51 Å². The highest BCUT2D eigenvalue weighted by Crippen LogP contribution is 2.29. The first-order valence-electron chi connectivity index (χ1n) is 4.91. The van der Waals surface area contributed by atoms with Crippen LogP contribution in [0.25, 0.3) is 0 Å². The minimum absolute atomic E-state index is 0.0565. The van der Waals surface area contributed by atoms with Gasteiger partial charge in [-0.3, -0.25) is 0 Å². The Morgan fingerprint density at radius 2 is 1.80 bits per heavy atom. The van der Waals surface area contributed by atoms with Crippen molar-refractivity contribution in [1.29, 1.82) is 0 Å². The van der Waals surface area contributed by atoms with E-state index in [0.29, 0.717) is 6.54 Å². The minimum Gasteiger partial charge on any atom is -0.306 e. The van der Waals surface area contributed by atoms with Gasteiger partial charge in [0.05, 0.1) is 0 Å². The summed E-state index contributed by atoms with van der Waals surface area (Å²) < 4.78 is 35.4. The summed E-state index contributed by atoms with van der Waals surface area (Å²) in [5.74, 6) is 0.123. The smallest absolute Gasteiger partial charge is 0.306 e. The average Bonchev–Trinajstić information content (AvgIpc) is 2.10. The van der Waals surface area contributed by atoms with Gasteiger partial charge in [-0.15, -0.1) is 0 Å². The van der Waals surface area contributed by atoms with Crippen molar-refractivity contribution in [2.24, 2.45) is 0 Å². The highest BCUT2D eigenvalue weighted by atomic mass is 79.9. The van der Waals surface area contributed by atoms with Crippen molar-refractivity contribution in [3.05, 3.63) is 0 Å². The van der Waals surface area contributed by atoms with Crippen LogP contribution in [0.2, 0.25) is 0 Å². The number of alkyl halides is 4. The van der Waals surface area contributed by atoms with Crippen molar-refractivity contribution in [3.63, 3.8) is 0 Å². The monoisotopic (exact) mass is 307 g/mol. The van der Waals surface area contributed by atoms with E-state index in [2.05, 4.69) is 15.9 Å². The second-order valence-corrected chi connectivity index (χ2v) is 5.30. The molecule has 0 aromatic heterocycles. The number of unbranched alkanes of at least 4 members (excludes halogenated alkanes) is 2. The van der Waals surface area contributed by atoms with Crippen LogP contribution in [0.15, 0.2) is 0 Å². The van der Waals surface area contributed by atoms with Crippen molar-refractivity contribution in [2.75, 3.05) is 31.2 Å². The molecule has 0 aromatic rings. The third kappa shape index (κ3) is 12.5. The van der Waals surface area contributed by atoms with E-state index in [-0.39, 0.29) is 17.5 Å². The normalized spacial score (nSPS) is 12.4. The molecule has 0 spiro atoms. The molecule has 0 rings (SSSR count). The first-order valence-corrected chi connectivity index (χ1v) is 7.01. The molecule has 0 heterocycles. The second-order valence-electron chi connectivity index (χ2n) is 3.35. The number of hydrogen-bond acceptors (Lipinski definition) is 2. The molecule has 0 fully saturated rings. The zero-order valence-corrected chi connectivity index (χ0v) is 11.2. The molecule has 0 N–H and O–H groups in total. The largest absolute Gasteiger partial charge is 0.441 e. The SMILES string of the molecule is CN(CCCCCBr)CCSC(F)(F)F. The van der Waals surface area contributed by atoms with Crippen molar-refractivity contribution < 1.29 is 13.2 Å². The fourth-order valence-corrected chi connectivity index (χ4v) is 2.11. The standard InChI is InChI=1S/C9H17BrF3NS/c1-14(6-4-2-3-5-10)7-8-15-9(11,12)13/h2-8H2,1H3. The maximum absolute atomic E-state index is 11.8. The number of nitrogens with zero attached hydrogens (tertiary/aromatic N) is 1. The predicted molar refractivity (Wildman–Crippen MR) is 63.7 cm³/mol. The maximum atomic E-state index is 11.8. The van der Waals surface area contributed by atoms with Crippen molar-refractivity contribution >= 4 is 27.7 Å². The van der Waals surface area contributed by atoms with Crippen LogP contribution in [0.4, 0.5) is 13.2 Å². The molecule has 1 nitrogen and oxygen atoms in total. The van der Waals surface area contributed by atoms with E-state index in [1.54, 1.807) is 0 Å². The molecule has 0 unspecified atom stereocenters. The first kappa shape index (κ1) is 15.6. The molecule has 15 heavy (non-hydrogen) atoms. The lowest BCUT2D eigenvalue weighted by atomic mass is 10.2. The van der Waals surface area contributed by atoms with E-state index in [0.717, 1.165) is 31.1 Å². The van der Waals surface area contributed by atoms with E-state index in [9.17, 15) is 13.2 Å². The summed E-state index contributed by atoms with van der Waals surface area (Å²) in [6.07, 6.45) is 3.31. The number of rotatable bonds is 8. The first-order chi connectivity index (χ1) is 6.95. The molecule has 0 saturated heterocycles. The summed E-state index contributed by atoms with van der Waals surface area (Å²) in [5, 5.41) is 1.00. The Balaban J connectivity index is 3.29. The van der Waals surface area contributed by atoms with Crippen molar-refractivity contribution in [1.82, 2.24) is 4.90 Å². The lowest BCUT2D eigenvalue weighted by Crippen LogP contribution is -2.23. The van der Waals surface area contributed by atoms with Gasteiger partial charge in [0.15, 0.2) is 0 Å². The van der Waals surface area contributed by atoms with Crippen LogP contribution in [0, 0.1) is 0 Å². The van der Waals surface area contributed by atoms with Gasteiger partial charge in [0, 0.05) is 17.6 Å². The van der Waals surface area contributed by atoms with Crippen LogP contribution in [-0.4, -0.2) is 41.6 Å². The van der Waals surface area contributed by atoms with Gasteiger partial charge in [-0.05, 0) is 38.2 Å². The topological polar surface area (TPSA) is 3.24 Å². The zero-order valence-electron chi connectivity index (χ0n) is 8.82. The van der Waals surface area contributed by atoms with Crippen LogP contribution < -0.4 is 0 Å². The van der Waals surface area contributed by atoms with Crippen molar-refractivity contribution in [3.8, 4) is 0 Å². The van der Waals surface area contributed by atoms with Crippen LogP contribution in [0.1, 0.15) is 19.3 Å². The number of hydrogen-bond donors (Lipinski definition) is 0. The molecule has 0 aliphatic carbocycles. The zero-order chi connectivity index (χ0) is 11.7. The molecule has 0 aromatic carbocycles. The minimum atomic E-state index is -4.09. The van der Waals surface area contributed by atoms with Gasteiger partial charge in [-0.1, -0.05) is 22.4 Å². The third-order valence-electron chi connectivity index (χ3n) is 1.91. The highest BCUT2D eigenvalue weighted by Gasteiger charge is 2.27. The van der Waals surface area contributed by atoms with Crippen molar-refractivity contribution in [2.45, 2.75) is 24.8 Å². The van der Waals surface area contributed by atoms with Gasteiger partial charge < -0.3 is 4.90 Å². The van der Waals surface area contributed by atoms with Gasteiger partial charge in [-0.25, -0.2) is 0 Å². The van der Waals surface area contributed by atoms with Gasteiger partial charge in [0.25, 0.3) is 0 Å². The number of halogens is 4. The summed E-state index contributed by atoms with van der Waals surface area (Å²) in [6, 6.07) is 0. The summed E-state index contributed by atoms with van der Waals surface area (Å²) in [5.41, 5.74) is -4.09. The van der Waals surface area contributed by atoms with E-state index in [4.69, 9.17) is 0 Å². The highest BCUT2D eigenvalue weighted by molar-refractivity contribution is 9.09. The van der Waals surface area contributed by atoms with E-state index in [1.165, 1.54) is 0 Å². The molecule has 0 aliphatic rings. The molecular formula is C9H17BrF3NS. The lowest BCUT2D eigenvalue weighted by Gasteiger charge is -2.16. The molecule has 6 heteroatoms. The Hall–Kier alpha value is 0.580. The molecule has 0 saturated carbocycles. The molecular weight excluding hydrogens is 291 g/mol. The van der Waals surface area contributed by atoms with Gasteiger partial charge in [-0.2, -0.15) is 13.2 Å². The predicted octanol–water partition coefficient (Wildman–Crippen LogP) is 3.74. The van der Waals surface area contributed by atoms with Gasteiger partial charge in [0.1, 0.15) is 0 Å². The molecule has 0 aliphatic heterocycles. The fraction of sp³-hybridized carbons (Fsp3) is 1.00. The summed E-state index contributed by atoms with van der Waals surface area (Å²) in [7, 11) is 1.87. The summed E-state index contributed by atoms with van der Waals surface area (Å²) in [4.78, 5) is 1.95. The molecule has 92 valence electrons. The summed E-state index contributed by atoms with van der Waals surface area (Å²) in [6.45, 7) is 1.38. The third-order valence-corrected chi connectivity index (χ3v) is 3.19.